The molecule has 1 aromatic heterocycles. The molecule has 6 nitrogen and oxygen atoms in total. The van der Waals surface area contributed by atoms with E-state index in [1.165, 1.54) is 24.2 Å². The van der Waals surface area contributed by atoms with Crippen molar-refractivity contribution < 1.29 is 14.3 Å². The first-order valence-corrected chi connectivity index (χ1v) is 9.36. The summed E-state index contributed by atoms with van der Waals surface area (Å²) in [6.45, 7) is 5.72. The van der Waals surface area contributed by atoms with E-state index in [0.29, 0.717) is 11.4 Å². The third kappa shape index (κ3) is 3.62. The lowest BCUT2D eigenvalue weighted by molar-refractivity contribution is 0.0954. The van der Waals surface area contributed by atoms with Crippen LogP contribution in [0.4, 0.5) is 0 Å². The van der Waals surface area contributed by atoms with E-state index in [4.69, 9.17) is 9.47 Å². The SMILES string of the molecule is Cc1nc(CN2CCCC2)sc1C(=O)NCc1ccc2c(c1)OCO2. The standard InChI is InChI=1S/C18H21N3O3S/c1-12-17(25-16(20-12)10-21-6-2-3-7-21)18(22)19-9-13-4-5-14-15(8-13)24-11-23-14/h4-5,8H,2-3,6-7,9-11H2,1H3,(H,19,22). The molecule has 3 heterocycles. The number of hydrogen-bond donors (Lipinski definition) is 1. The van der Waals surface area contributed by atoms with E-state index in [2.05, 4.69) is 15.2 Å². The third-order valence-corrected chi connectivity index (χ3v) is 5.64. The number of aromatic nitrogens is 1. The van der Waals surface area contributed by atoms with Gasteiger partial charge in [0.25, 0.3) is 5.91 Å². The van der Waals surface area contributed by atoms with Crippen molar-refractivity contribution in [2.45, 2.75) is 32.9 Å². The van der Waals surface area contributed by atoms with E-state index in [-0.39, 0.29) is 12.7 Å². The number of aryl methyl sites for hydroxylation is 1. The van der Waals surface area contributed by atoms with Crippen molar-refractivity contribution in [3.8, 4) is 11.5 Å². The van der Waals surface area contributed by atoms with Gasteiger partial charge < -0.3 is 14.8 Å². The summed E-state index contributed by atoms with van der Waals surface area (Å²) >= 11 is 1.50. The second-order valence-corrected chi connectivity index (χ2v) is 7.46. The third-order valence-electron chi connectivity index (χ3n) is 4.49. The zero-order valence-electron chi connectivity index (χ0n) is 14.2. The van der Waals surface area contributed by atoms with Crippen LogP contribution in [0.25, 0.3) is 0 Å². The molecule has 1 amide bonds. The molecule has 1 aromatic carbocycles. The summed E-state index contributed by atoms with van der Waals surface area (Å²) in [4.78, 5) is 20.2. The van der Waals surface area contributed by atoms with Crippen LogP contribution in [0.15, 0.2) is 18.2 Å². The van der Waals surface area contributed by atoms with Crippen molar-refractivity contribution >= 4 is 17.2 Å². The Morgan fingerprint density at radius 3 is 2.92 bits per heavy atom. The zero-order valence-corrected chi connectivity index (χ0v) is 15.0. The number of ether oxygens (including phenoxy) is 2. The first kappa shape index (κ1) is 16.4. The molecule has 0 saturated carbocycles. The molecule has 0 spiro atoms. The van der Waals surface area contributed by atoms with Gasteiger partial charge in [0.2, 0.25) is 6.79 Å². The lowest BCUT2D eigenvalue weighted by atomic mass is 10.2. The minimum Gasteiger partial charge on any atom is -0.454 e. The lowest BCUT2D eigenvalue weighted by Crippen LogP contribution is -2.22. The van der Waals surface area contributed by atoms with Gasteiger partial charge >= 0.3 is 0 Å². The van der Waals surface area contributed by atoms with Gasteiger partial charge in [-0.25, -0.2) is 4.98 Å². The molecule has 0 atom stereocenters. The first-order valence-electron chi connectivity index (χ1n) is 8.54. The number of thiazole rings is 1. The molecule has 2 aliphatic heterocycles. The number of rotatable bonds is 5. The van der Waals surface area contributed by atoms with Crippen LogP contribution in [-0.4, -0.2) is 35.7 Å². The molecule has 2 aliphatic rings. The number of likely N-dealkylation sites (tertiary alicyclic amines) is 1. The molecule has 0 unspecified atom stereocenters. The second-order valence-electron chi connectivity index (χ2n) is 6.38. The highest BCUT2D eigenvalue weighted by Crippen LogP contribution is 2.32. The number of hydrogen-bond acceptors (Lipinski definition) is 6. The molecule has 2 aromatic rings. The van der Waals surface area contributed by atoms with Gasteiger partial charge in [0.05, 0.1) is 12.2 Å². The maximum atomic E-state index is 12.5. The Morgan fingerprint density at radius 1 is 1.28 bits per heavy atom. The molecule has 25 heavy (non-hydrogen) atoms. The van der Waals surface area contributed by atoms with Crippen molar-refractivity contribution in [1.29, 1.82) is 0 Å². The Bertz CT molecular complexity index is 784. The number of amides is 1. The molecule has 1 N–H and O–H groups in total. The van der Waals surface area contributed by atoms with Crippen molar-refractivity contribution in [1.82, 2.24) is 15.2 Å². The molecule has 132 valence electrons. The van der Waals surface area contributed by atoms with Gasteiger partial charge in [-0.3, -0.25) is 9.69 Å². The molecule has 0 radical (unpaired) electrons. The average molecular weight is 359 g/mol. The van der Waals surface area contributed by atoms with Gasteiger partial charge in [-0.1, -0.05) is 6.07 Å². The van der Waals surface area contributed by atoms with E-state index >= 15 is 0 Å². The fourth-order valence-corrected chi connectivity index (χ4v) is 4.20. The van der Waals surface area contributed by atoms with Gasteiger partial charge in [0, 0.05) is 6.54 Å². The monoisotopic (exact) mass is 359 g/mol. The van der Waals surface area contributed by atoms with E-state index in [9.17, 15) is 4.79 Å². The maximum absolute atomic E-state index is 12.5. The summed E-state index contributed by atoms with van der Waals surface area (Å²) in [5.74, 6) is 1.41. The number of benzene rings is 1. The van der Waals surface area contributed by atoms with Gasteiger partial charge in [-0.15, -0.1) is 11.3 Å². The highest BCUT2D eigenvalue weighted by molar-refractivity contribution is 7.13. The fourth-order valence-electron chi connectivity index (χ4n) is 3.18. The largest absolute Gasteiger partial charge is 0.454 e. The number of carbonyl (C=O) groups is 1. The molecule has 1 fully saturated rings. The van der Waals surface area contributed by atoms with Gasteiger partial charge in [-0.2, -0.15) is 0 Å². The normalized spacial score (nSPS) is 16.4. The molecule has 4 rings (SSSR count). The molecular formula is C18H21N3O3S. The average Bonchev–Trinajstić information content (AvgIpc) is 3.33. The summed E-state index contributed by atoms with van der Waals surface area (Å²) < 4.78 is 10.7. The van der Waals surface area contributed by atoms with Crippen molar-refractivity contribution in [2.24, 2.45) is 0 Å². The predicted molar refractivity (Wildman–Crippen MR) is 95.1 cm³/mol. The summed E-state index contributed by atoms with van der Waals surface area (Å²) in [6, 6.07) is 5.71. The maximum Gasteiger partial charge on any atom is 0.263 e. The summed E-state index contributed by atoms with van der Waals surface area (Å²) in [7, 11) is 0. The van der Waals surface area contributed by atoms with Gasteiger partial charge in [-0.05, 0) is 50.6 Å². The number of nitrogens with zero attached hydrogens (tertiary/aromatic N) is 2. The van der Waals surface area contributed by atoms with Gasteiger partial charge in [0.15, 0.2) is 11.5 Å². The summed E-state index contributed by atoms with van der Waals surface area (Å²) in [5.41, 5.74) is 1.79. The molecule has 7 heteroatoms. The second kappa shape index (κ2) is 7.01. The first-order chi connectivity index (χ1) is 12.2. The molecule has 1 saturated heterocycles. The van der Waals surface area contributed by atoms with Crippen LogP contribution < -0.4 is 14.8 Å². The Labute approximate surface area is 150 Å². The van der Waals surface area contributed by atoms with E-state index in [1.54, 1.807) is 0 Å². The predicted octanol–water partition coefficient (Wildman–Crippen LogP) is 2.71. The Balaban J connectivity index is 1.38. The number of carbonyl (C=O) groups excluding carboxylic acids is 1. The fraction of sp³-hybridized carbons (Fsp3) is 0.444. The van der Waals surface area contributed by atoms with Crippen LogP contribution in [0.5, 0.6) is 11.5 Å². The van der Waals surface area contributed by atoms with Crippen LogP contribution in [0.2, 0.25) is 0 Å². The topological polar surface area (TPSA) is 63.7 Å². The minimum atomic E-state index is -0.0691. The van der Waals surface area contributed by atoms with Crippen molar-refractivity contribution in [3.05, 3.63) is 39.3 Å². The van der Waals surface area contributed by atoms with E-state index in [1.807, 2.05) is 25.1 Å². The van der Waals surface area contributed by atoms with E-state index in [0.717, 1.165) is 47.4 Å². The number of nitrogens with one attached hydrogen (secondary N) is 1. The van der Waals surface area contributed by atoms with E-state index < -0.39 is 0 Å². The van der Waals surface area contributed by atoms with Crippen LogP contribution in [0.1, 0.15) is 38.8 Å². The summed E-state index contributed by atoms with van der Waals surface area (Å²) in [5, 5.41) is 4.00. The Morgan fingerprint density at radius 2 is 2.08 bits per heavy atom. The highest BCUT2D eigenvalue weighted by atomic mass is 32.1. The molecule has 0 bridgehead atoms. The van der Waals surface area contributed by atoms with Crippen LogP contribution in [-0.2, 0) is 13.1 Å². The van der Waals surface area contributed by atoms with Crippen molar-refractivity contribution in [2.75, 3.05) is 19.9 Å². The quantitative estimate of drug-likeness (QED) is 0.889. The molecular weight excluding hydrogens is 338 g/mol. The minimum absolute atomic E-state index is 0.0691. The summed E-state index contributed by atoms with van der Waals surface area (Å²) in [6.07, 6.45) is 2.51. The number of fused-ring (bicyclic) bond motifs is 1. The van der Waals surface area contributed by atoms with Crippen LogP contribution in [0, 0.1) is 6.92 Å². The van der Waals surface area contributed by atoms with Crippen LogP contribution in [0.3, 0.4) is 0 Å². The smallest absolute Gasteiger partial charge is 0.263 e. The van der Waals surface area contributed by atoms with Crippen molar-refractivity contribution in [3.63, 3.8) is 0 Å². The van der Waals surface area contributed by atoms with Crippen LogP contribution >= 0.6 is 11.3 Å². The lowest BCUT2D eigenvalue weighted by Gasteiger charge is -2.11. The highest BCUT2D eigenvalue weighted by Gasteiger charge is 2.19. The molecule has 0 aliphatic carbocycles. The Hall–Kier alpha value is -2.12. The Kier molecular flexibility index (Phi) is 4.59. The zero-order chi connectivity index (χ0) is 17.2. The van der Waals surface area contributed by atoms with Gasteiger partial charge in [0.1, 0.15) is 9.88 Å².